The fraction of sp³-hybridized carbons (Fsp3) is 0.278. The minimum atomic E-state index is 0. The minimum Gasteiger partial charge on any atom is -0.388 e. The number of amides is 1. The van der Waals surface area contributed by atoms with E-state index >= 15 is 0 Å². The van der Waals surface area contributed by atoms with Crippen LogP contribution in [0.25, 0.3) is 0 Å². The van der Waals surface area contributed by atoms with E-state index in [-0.39, 0.29) is 18.3 Å². The minimum absolute atomic E-state index is 0. The lowest BCUT2D eigenvalue weighted by atomic mass is 9.99. The molecular weight excluding hydrogens is 296 g/mol. The SMILES string of the molecule is CNc1cccc(C(=O)N2CCCc3ccccc32)c1C.Cl. The molecule has 0 bridgehead atoms. The molecule has 22 heavy (non-hydrogen) atoms. The second-order valence-electron chi connectivity index (χ2n) is 5.42. The number of para-hydroxylation sites is 1. The van der Waals surface area contributed by atoms with Gasteiger partial charge < -0.3 is 10.2 Å². The topological polar surface area (TPSA) is 32.3 Å². The van der Waals surface area contributed by atoms with Crippen LogP contribution in [0.5, 0.6) is 0 Å². The molecule has 116 valence electrons. The summed E-state index contributed by atoms with van der Waals surface area (Å²) < 4.78 is 0. The van der Waals surface area contributed by atoms with Gasteiger partial charge in [0.2, 0.25) is 0 Å². The molecule has 1 aliphatic rings. The second kappa shape index (κ2) is 6.84. The number of nitrogens with zero attached hydrogens (tertiary/aromatic N) is 1. The van der Waals surface area contributed by atoms with E-state index in [1.807, 2.05) is 55.3 Å². The van der Waals surface area contributed by atoms with Crippen molar-refractivity contribution in [2.75, 3.05) is 23.8 Å². The molecule has 0 fully saturated rings. The first-order valence-corrected chi connectivity index (χ1v) is 7.39. The Balaban J connectivity index is 0.00000176. The number of nitrogens with one attached hydrogen (secondary N) is 1. The van der Waals surface area contributed by atoms with Crippen LogP contribution in [0.2, 0.25) is 0 Å². The molecule has 3 nitrogen and oxygen atoms in total. The van der Waals surface area contributed by atoms with Gasteiger partial charge in [-0.2, -0.15) is 0 Å². The molecule has 0 radical (unpaired) electrons. The Bertz CT molecular complexity index is 685. The molecule has 3 rings (SSSR count). The smallest absolute Gasteiger partial charge is 0.258 e. The number of hydrogen-bond acceptors (Lipinski definition) is 2. The molecule has 1 heterocycles. The number of carbonyl (C=O) groups is 1. The van der Waals surface area contributed by atoms with Crippen LogP contribution in [-0.2, 0) is 6.42 Å². The van der Waals surface area contributed by atoms with E-state index in [4.69, 9.17) is 0 Å². The summed E-state index contributed by atoms with van der Waals surface area (Å²) in [7, 11) is 1.88. The third-order valence-electron chi connectivity index (χ3n) is 4.19. The van der Waals surface area contributed by atoms with E-state index < -0.39 is 0 Å². The Labute approximate surface area is 137 Å². The van der Waals surface area contributed by atoms with Crippen molar-refractivity contribution < 1.29 is 4.79 Å². The lowest BCUT2D eigenvalue weighted by Gasteiger charge is -2.30. The monoisotopic (exact) mass is 316 g/mol. The first-order chi connectivity index (χ1) is 10.2. The third kappa shape index (κ3) is 2.81. The maximum absolute atomic E-state index is 12.9. The summed E-state index contributed by atoms with van der Waals surface area (Å²) in [6.45, 7) is 2.79. The standard InChI is InChI=1S/C18H20N2O.ClH/c1-13-15(9-5-10-16(13)19-2)18(21)20-12-6-8-14-7-3-4-11-17(14)20;/h3-5,7,9-11,19H,6,8,12H2,1-2H3;1H. The molecule has 1 aliphatic heterocycles. The zero-order valence-electron chi connectivity index (χ0n) is 12.9. The Morgan fingerprint density at radius 2 is 1.91 bits per heavy atom. The van der Waals surface area contributed by atoms with Crippen molar-refractivity contribution in [1.29, 1.82) is 0 Å². The number of fused-ring (bicyclic) bond motifs is 1. The van der Waals surface area contributed by atoms with Crippen molar-refractivity contribution in [1.82, 2.24) is 0 Å². The van der Waals surface area contributed by atoms with Crippen molar-refractivity contribution >= 4 is 29.7 Å². The number of halogens is 1. The van der Waals surface area contributed by atoms with Crippen molar-refractivity contribution in [3.05, 3.63) is 59.2 Å². The van der Waals surface area contributed by atoms with Gasteiger partial charge in [-0.3, -0.25) is 4.79 Å². The lowest BCUT2D eigenvalue weighted by Crippen LogP contribution is -2.35. The highest BCUT2D eigenvalue weighted by Crippen LogP contribution is 2.29. The largest absolute Gasteiger partial charge is 0.388 e. The number of aryl methyl sites for hydroxylation is 1. The van der Waals surface area contributed by atoms with Crippen molar-refractivity contribution in [3.63, 3.8) is 0 Å². The molecule has 0 aliphatic carbocycles. The molecule has 2 aromatic rings. The third-order valence-corrected chi connectivity index (χ3v) is 4.19. The van der Waals surface area contributed by atoms with E-state index in [1.165, 1.54) is 5.56 Å². The number of benzene rings is 2. The quantitative estimate of drug-likeness (QED) is 0.906. The summed E-state index contributed by atoms with van der Waals surface area (Å²) in [5, 5.41) is 3.14. The van der Waals surface area contributed by atoms with Crippen LogP contribution in [0.15, 0.2) is 42.5 Å². The van der Waals surface area contributed by atoms with Crippen LogP contribution in [0.1, 0.15) is 27.9 Å². The zero-order chi connectivity index (χ0) is 14.8. The molecular formula is C18H21ClN2O. The molecule has 4 heteroatoms. The Morgan fingerprint density at radius 3 is 2.68 bits per heavy atom. The van der Waals surface area contributed by atoms with E-state index in [0.717, 1.165) is 41.9 Å². The van der Waals surface area contributed by atoms with Gasteiger partial charge >= 0.3 is 0 Å². The van der Waals surface area contributed by atoms with Gasteiger partial charge in [-0.25, -0.2) is 0 Å². The van der Waals surface area contributed by atoms with Crippen molar-refractivity contribution in [2.45, 2.75) is 19.8 Å². The first kappa shape index (κ1) is 16.4. The molecule has 0 unspecified atom stereocenters. The predicted octanol–water partition coefficient (Wildman–Crippen LogP) is 4.05. The summed E-state index contributed by atoms with van der Waals surface area (Å²) in [6.07, 6.45) is 2.07. The van der Waals surface area contributed by atoms with Gasteiger partial charge in [0.05, 0.1) is 0 Å². The number of carbonyl (C=O) groups excluding carboxylic acids is 1. The van der Waals surface area contributed by atoms with Gasteiger partial charge in [-0.15, -0.1) is 12.4 Å². The molecule has 2 aromatic carbocycles. The molecule has 1 N–H and O–H groups in total. The summed E-state index contributed by atoms with van der Waals surface area (Å²) >= 11 is 0. The normalized spacial score (nSPS) is 13.1. The molecule has 0 spiro atoms. The lowest BCUT2D eigenvalue weighted by molar-refractivity contribution is 0.0984. The molecule has 0 saturated heterocycles. The summed E-state index contributed by atoms with van der Waals surface area (Å²) in [5.74, 6) is 0.0942. The predicted molar refractivity (Wildman–Crippen MR) is 94.4 cm³/mol. The average Bonchev–Trinajstić information content (AvgIpc) is 2.54. The maximum Gasteiger partial charge on any atom is 0.258 e. The Kier molecular flexibility index (Phi) is 5.09. The molecule has 0 atom stereocenters. The zero-order valence-corrected chi connectivity index (χ0v) is 13.7. The Morgan fingerprint density at radius 1 is 1.14 bits per heavy atom. The number of hydrogen-bond donors (Lipinski definition) is 1. The van der Waals surface area contributed by atoms with Crippen molar-refractivity contribution in [3.8, 4) is 0 Å². The highest BCUT2D eigenvalue weighted by Gasteiger charge is 2.24. The fourth-order valence-corrected chi connectivity index (χ4v) is 3.03. The van der Waals surface area contributed by atoms with Crippen LogP contribution >= 0.6 is 12.4 Å². The van der Waals surface area contributed by atoms with Gasteiger partial charge in [0.1, 0.15) is 0 Å². The van der Waals surface area contributed by atoms with E-state index in [2.05, 4.69) is 11.4 Å². The van der Waals surface area contributed by atoms with E-state index in [0.29, 0.717) is 0 Å². The van der Waals surface area contributed by atoms with E-state index in [1.54, 1.807) is 0 Å². The highest BCUT2D eigenvalue weighted by molar-refractivity contribution is 6.08. The second-order valence-corrected chi connectivity index (χ2v) is 5.42. The average molecular weight is 317 g/mol. The first-order valence-electron chi connectivity index (χ1n) is 7.39. The van der Waals surface area contributed by atoms with Crippen LogP contribution in [0, 0.1) is 6.92 Å². The summed E-state index contributed by atoms with van der Waals surface area (Å²) in [5.41, 5.74) is 5.11. The number of rotatable bonds is 2. The highest BCUT2D eigenvalue weighted by atomic mass is 35.5. The molecule has 0 saturated carbocycles. The van der Waals surface area contributed by atoms with Gasteiger partial charge in [0.15, 0.2) is 0 Å². The summed E-state index contributed by atoms with van der Waals surface area (Å²) in [4.78, 5) is 14.9. The Hall–Kier alpha value is -2.00. The fourth-order valence-electron chi connectivity index (χ4n) is 3.03. The molecule has 1 amide bonds. The van der Waals surface area contributed by atoms with Gasteiger partial charge in [0.25, 0.3) is 5.91 Å². The van der Waals surface area contributed by atoms with Crippen LogP contribution in [0.3, 0.4) is 0 Å². The van der Waals surface area contributed by atoms with Crippen LogP contribution < -0.4 is 10.2 Å². The number of anilines is 2. The molecule has 0 aromatic heterocycles. The van der Waals surface area contributed by atoms with Crippen molar-refractivity contribution in [2.24, 2.45) is 0 Å². The van der Waals surface area contributed by atoms with Gasteiger partial charge in [-0.1, -0.05) is 24.3 Å². The van der Waals surface area contributed by atoms with Gasteiger partial charge in [0, 0.05) is 30.5 Å². The van der Waals surface area contributed by atoms with Crippen LogP contribution in [-0.4, -0.2) is 19.5 Å². The summed E-state index contributed by atoms with van der Waals surface area (Å²) in [6, 6.07) is 14.0. The van der Waals surface area contributed by atoms with Gasteiger partial charge in [-0.05, 0) is 49.1 Å². The van der Waals surface area contributed by atoms with E-state index in [9.17, 15) is 4.79 Å². The van der Waals surface area contributed by atoms with Crippen LogP contribution in [0.4, 0.5) is 11.4 Å². The maximum atomic E-state index is 12.9.